The molecule has 84 valence electrons. The van der Waals surface area contributed by atoms with Crippen LogP contribution in [0.2, 0.25) is 0 Å². The van der Waals surface area contributed by atoms with Gasteiger partial charge in [0.2, 0.25) is 0 Å². The third kappa shape index (κ3) is 2.49. The molecule has 0 spiro atoms. The minimum Gasteiger partial charge on any atom is -0.306 e. The second-order valence-electron chi connectivity index (χ2n) is 3.77. The molecule has 0 aliphatic carbocycles. The summed E-state index contributed by atoms with van der Waals surface area (Å²) < 4.78 is 0. The number of aryl methyl sites for hydroxylation is 1. The van der Waals surface area contributed by atoms with Gasteiger partial charge in [-0.1, -0.05) is 13.0 Å². The lowest BCUT2D eigenvalue weighted by Crippen LogP contribution is -2.21. The van der Waals surface area contributed by atoms with Gasteiger partial charge < -0.3 is 5.32 Å². The number of rotatable bonds is 4. The Morgan fingerprint density at radius 2 is 2.31 bits per heavy atom. The van der Waals surface area contributed by atoms with E-state index in [9.17, 15) is 0 Å². The van der Waals surface area contributed by atoms with E-state index >= 15 is 0 Å². The SMILES string of the molecule is CCNC(c1cccnc1)c1csc(C)c1. The van der Waals surface area contributed by atoms with E-state index in [4.69, 9.17) is 0 Å². The van der Waals surface area contributed by atoms with Crippen LogP contribution in [-0.4, -0.2) is 11.5 Å². The molecule has 16 heavy (non-hydrogen) atoms. The Labute approximate surface area is 100 Å². The second kappa shape index (κ2) is 5.23. The van der Waals surface area contributed by atoms with Crippen molar-refractivity contribution in [2.45, 2.75) is 19.9 Å². The van der Waals surface area contributed by atoms with Crippen molar-refractivity contribution in [1.82, 2.24) is 10.3 Å². The lowest BCUT2D eigenvalue weighted by Gasteiger charge is -2.16. The molecule has 2 aromatic heterocycles. The zero-order chi connectivity index (χ0) is 11.4. The van der Waals surface area contributed by atoms with Gasteiger partial charge in [-0.2, -0.15) is 0 Å². The number of nitrogens with one attached hydrogen (secondary N) is 1. The van der Waals surface area contributed by atoms with Crippen LogP contribution in [0.25, 0.3) is 0 Å². The second-order valence-corrected chi connectivity index (χ2v) is 4.88. The molecule has 2 aromatic rings. The lowest BCUT2D eigenvalue weighted by atomic mass is 10.0. The number of nitrogens with zero attached hydrogens (tertiary/aromatic N) is 1. The van der Waals surface area contributed by atoms with Gasteiger partial charge in [-0.25, -0.2) is 0 Å². The van der Waals surface area contributed by atoms with Crippen LogP contribution < -0.4 is 5.32 Å². The highest BCUT2D eigenvalue weighted by Crippen LogP contribution is 2.25. The van der Waals surface area contributed by atoms with Crippen LogP contribution in [0.1, 0.15) is 29.0 Å². The minimum atomic E-state index is 0.267. The standard InChI is InChI=1S/C13H16N2S/c1-3-15-13(11-5-4-6-14-8-11)12-7-10(2)16-9-12/h4-9,13,15H,3H2,1-2H3. The van der Waals surface area contributed by atoms with E-state index in [0.29, 0.717) is 0 Å². The van der Waals surface area contributed by atoms with Crippen LogP contribution in [0.3, 0.4) is 0 Å². The van der Waals surface area contributed by atoms with E-state index < -0.39 is 0 Å². The third-order valence-electron chi connectivity index (χ3n) is 2.51. The zero-order valence-electron chi connectivity index (χ0n) is 9.60. The fraction of sp³-hybridized carbons (Fsp3) is 0.308. The normalized spacial score (nSPS) is 12.6. The van der Waals surface area contributed by atoms with Gasteiger partial charge in [-0.15, -0.1) is 11.3 Å². The average molecular weight is 232 g/mol. The summed E-state index contributed by atoms with van der Waals surface area (Å²) in [4.78, 5) is 5.53. The van der Waals surface area contributed by atoms with Gasteiger partial charge in [0.1, 0.15) is 0 Å². The summed E-state index contributed by atoms with van der Waals surface area (Å²) in [5.41, 5.74) is 2.56. The molecule has 0 aromatic carbocycles. The van der Waals surface area contributed by atoms with Crippen molar-refractivity contribution >= 4 is 11.3 Å². The summed E-state index contributed by atoms with van der Waals surface area (Å²) in [6.45, 7) is 5.22. The first-order valence-electron chi connectivity index (χ1n) is 5.49. The van der Waals surface area contributed by atoms with Crippen LogP contribution in [0.15, 0.2) is 36.0 Å². The minimum absolute atomic E-state index is 0.267. The summed E-state index contributed by atoms with van der Waals surface area (Å²) in [6, 6.07) is 6.61. The molecule has 0 saturated carbocycles. The van der Waals surface area contributed by atoms with Crippen molar-refractivity contribution in [3.8, 4) is 0 Å². The van der Waals surface area contributed by atoms with Gasteiger partial charge in [-0.3, -0.25) is 4.98 Å². The topological polar surface area (TPSA) is 24.9 Å². The molecule has 0 fully saturated rings. The first-order chi connectivity index (χ1) is 7.81. The molecule has 2 heterocycles. The van der Waals surface area contributed by atoms with Crippen molar-refractivity contribution in [2.75, 3.05) is 6.54 Å². The van der Waals surface area contributed by atoms with Crippen molar-refractivity contribution in [2.24, 2.45) is 0 Å². The van der Waals surface area contributed by atoms with Crippen molar-refractivity contribution in [3.05, 3.63) is 52.0 Å². The number of hydrogen-bond donors (Lipinski definition) is 1. The van der Waals surface area contributed by atoms with E-state index in [0.717, 1.165) is 6.54 Å². The molecule has 0 radical (unpaired) electrons. The smallest absolute Gasteiger partial charge is 0.0600 e. The summed E-state index contributed by atoms with van der Waals surface area (Å²) in [6.07, 6.45) is 3.74. The molecule has 0 bridgehead atoms. The Hall–Kier alpha value is -1.19. The number of hydrogen-bond acceptors (Lipinski definition) is 3. The van der Waals surface area contributed by atoms with Crippen LogP contribution in [0.5, 0.6) is 0 Å². The molecule has 0 amide bonds. The van der Waals surface area contributed by atoms with Crippen molar-refractivity contribution < 1.29 is 0 Å². The molecular formula is C13H16N2S. The maximum Gasteiger partial charge on any atom is 0.0600 e. The molecule has 0 saturated heterocycles. The maximum atomic E-state index is 4.18. The molecule has 0 aliphatic rings. The number of thiophene rings is 1. The van der Waals surface area contributed by atoms with Gasteiger partial charge in [0.05, 0.1) is 6.04 Å². The van der Waals surface area contributed by atoms with E-state index in [1.54, 1.807) is 11.3 Å². The van der Waals surface area contributed by atoms with Crippen molar-refractivity contribution in [1.29, 1.82) is 0 Å². The lowest BCUT2D eigenvalue weighted by molar-refractivity contribution is 0.630. The first-order valence-corrected chi connectivity index (χ1v) is 6.37. The van der Waals surface area contributed by atoms with Gasteiger partial charge in [-0.05, 0) is 42.1 Å². The number of aromatic nitrogens is 1. The average Bonchev–Trinajstić information content (AvgIpc) is 2.74. The summed E-state index contributed by atoms with van der Waals surface area (Å²) >= 11 is 1.79. The summed E-state index contributed by atoms with van der Waals surface area (Å²) in [7, 11) is 0. The van der Waals surface area contributed by atoms with Crippen LogP contribution in [0.4, 0.5) is 0 Å². The summed E-state index contributed by atoms with van der Waals surface area (Å²) in [5.74, 6) is 0. The van der Waals surface area contributed by atoms with Gasteiger partial charge in [0.25, 0.3) is 0 Å². The molecule has 2 nitrogen and oxygen atoms in total. The van der Waals surface area contributed by atoms with E-state index in [2.05, 4.69) is 41.7 Å². The van der Waals surface area contributed by atoms with Crippen LogP contribution in [-0.2, 0) is 0 Å². The van der Waals surface area contributed by atoms with Gasteiger partial charge in [0, 0.05) is 17.3 Å². The zero-order valence-corrected chi connectivity index (χ0v) is 10.4. The highest BCUT2D eigenvalue weighted by atomic mass is 32.1. The number of pyridine rings is 1. The Bertz CT molecular complexity index is 436. The molecule has 1 atom stereocenters. The highest BCUT2D eigenvalue weighted by Gasteiger charge is 2.13. The molecular weight excluding hydrogens is 216 g/mol. The summed E-state index contributed by atoms with van der Waals surface area (Å²) in [5, 5.41) is 5.71. The molecule has 0 aliphatic heterocycles. The molecule has 2 rings (SSSR count). The fourth-order valence-corrected chi connectivity index (χ4v) is 2.52. The predicted molar refractivity (Wildman–Crippen MR) is 68.8 cm³/mol. The monoisotopic (exact) mass is 232 g/mol. The quantitative estimate of drug-likeness (QED) is 0.876. The van der Waals surface area contributed by atoms with Crippen molar-refractivity contribution in [3.63, 3.8) is 0 Å². The van der Waals surface area contributed by atoms with E-state index in [-0.39, 0.29) is 6.04 Å². The van der Waals surface area contributed by atoms with E-state index in [1.807, 2.05) is 18.5 Å². The highest BCUT2D eigenvalue weighted by molar-refractivity contribution is 7.10. The fourth-order valence-electron chi connectivity index (χ4n) is 1.79. The molecule has 1 N–H and O–H groups in total. The van der Waals surface area contributed by atoms with Crippen LogP contribution >= 0.6 is 11.3 Å². The Balaban J connectivity index is 2.31. The Morgan fingerprint density at radius 1 is 1.44 bits per heavy atom. The molecule has 1 unspecified atom stereocenters. The largest absolute Gasteiger partial charge is 0.306 e. The van der Waals surface area contributed by atoms with Crippen LogP contribution in [0, 0.1) is 6.92 Å². The van der Waals surface area contributed by atoms with Gasteiger partial charge >= 0.3 is 0 Å². The third-order valence-corrected chi connectivity index (χ3v) is 3.39. The maximum absolute atomic E-state index is 4.18. The molecule has 3 heteroatoms. The Kier molecular flexibility index (Phi) is 3.70. The predicted octanol–water partition coefficient (Wildman–Crippen LogP) is 3.15. The first kappa shape index (κ1) is 11.3. The van der Waals surface area contributed by atoms with Gasteiger partial charge in [0.15, 0.2) is 0 Å². The van der Waals surface area contributed by atoms with E-state index in [1.165, 1.54) is 16.0 Å². The Morgan fingerprint density at radius 3 is 2.88 bits per heavy atom.